The summed E-state index contributed by atoms with van der Waals surface area (Å²) in [6.45, 7) is 5.08. The molecule has 0 amide bonds. The summed E-state index contributed by atoms with van der Waals surface area (Å²) in [4.78, 5) is 12.6. The van der Waals surface area contributed by atoms with Gasteiger partial charge in [-0.3, -0.25) is 0 Å². The van der Waals surface area contributed by atoms with E-state index in [1.54, 1.807) is 0 Å². The quantitative estimate of drug-likeness (QED) is 0.877. The molecule has 1 heterocycles. The van der Waals surface area contributed by atoms with Gasteiger partial charge in [0, 0.05) is 13.1 Å². The van der Waals surface area contributed by atoms with E-state index in [9.17, 15) is 9.18 Å². The van der Waals surface area contributed by atoms with Crippen LogP contribution in [-0.4, -0.2) is 36.4 Å². The largest absolute Gasteiger partial charge is 0.478 e. The fourth-order valence-electron chi connectivity index (χ4n) is 2.27. The Morgan fingerprint density at radius 3 is 2.50 bits per heavy atom. The molecule has 1 fully saturated rings. The fourth-order valence-corrected chi connectivity index (χ4v) is 2.27. The number of ether oxygens (including phenoxy) is 1. The highest BCUT2D eigenvalue weighted by molar-refractivity contribution is 5.88. The van der Waals surface area contributed by atoms with Crippen molar-refractivity contribution in [2.24, 2.45) is 0 Å². The zero-order valence-corrected chi connectivity index (χ0v) is 10.4. The topological polar surface area (TPSA) is 49.8 Å². The van der Waals surface area contributed by atoms with Gasteiger partial charge in [-0.15, -0.1) is 0 Å². The normalized spacial score (nSPS) is 24.1. The van der Waals surface area contributed by atoms with Crippen LogP contribution in [0.3, 0.4) is 0 Å². The lowest BCUT2D eigenvalue weighted by Crippen LogP contribution is -2.45. The van der Waals surface area contributed by atoms with Gasteiger partial charge in [-0.05, 0) is 32.0 Å². The second-order valence-electron chi connectivity index (χ2n) is 4.63. The van der Waals surface area contributed by atoms with Crippen LogP contribution < -0.4 is 4.90 Å². The Labute approximate surface area is 105 Å². The van der Waals surface area contributed by atoms with E-state index in [0.717, 1.165) is 6.07 Å². The summed E-state index contributed by atoms with van der Waals surface area (Å²) in [6.07, 6.45) is 0.0691. The van der Waals surface area contributed by atoms with Gasteiger partial charge >= 0.3 is 5.97 Å². The average molecular weight is 253 g/mol. The molecule has 18 heavy (non-hydrogen) atoms. The van der Waals surface area contributed by atoms with E-state index in [1.807, 2.05) is 18.7 Å². The third-order valence-corrected chi connectivity index (χ3v) is 2.95. The highest BCUT2D eigenvalue weighted by Crippen LogP contribution is 2.24. The van der Waals surface area contributed by atoms with Crippen LogP contribution in [0.4, 0.5) is 10.1 Å². The van der Waals surface area contributed by atoms with Crippen LogP contribution in [0.15, 0.2) is 18.2 Å². The van der Waals surface area contributed by atoms with Gasteiger partial charge in [-0.1, -0.05) is 0 Å². The fraction of sp³-hybridized carbons (Fsp3) is 0.462. The van der Waals surface area contributed by atoms with E-state index in [0.29, 0.717) is 18.8 Å². The molecular formula is C13H16FNO3. The first-order chi connectivity index (χ1) is 8.47. The molecule has 1 aliphatic heterocycles. The molecule has 98 valence electrons. The minimum absolute atomic E-state index is 0.0345. The number of nitrogens with zero attached hydrogens (tertiary/aromatic N) is 1. The molecule has 1 aromatic carbocycles. The maximum atomic E-state index is 13.9. The average Bonchev–Trinajstić information content (AvgIpc) is 2.27. The Morgan fingerprint density at radius 2 is 2.00 bits per heavy atom. The number of carboxylic acid groups (broad SMARTS) is 1. The van der Waals surface area contributed by atoms with E-state index in [2.05, 4.69) is 0 Å². The lowest BCUT2D eigenvalue weighted by molar-refractivity contribution is -0.00540. The van der Waals surface area contributed by atoms with Gasteiger partial charge in [0.25, 0.3) is 0 Å². The molecule has 0 aromatic heterocycles. The molecule has 1 N–H and O–H groups in total. The SMILES string of the molecule is C[C@@H]1CN(c2ccc(C(=O)O)cc2F)C[C@H](C)O1. The lowest BCUT2D eigenvalue weighted by Gasteiger charge is -2.37. The molecule has 2 atom stereocenters. The van der Waals surface area contributed by atoms with E-state index >= 15 is 0 Å². The van der Waals surface area contributed by atoms with Crippen molar-refractivity contribution in [1.29, 1.82) is 0 Å². The number of carbonyl (C=O) groups is 1. The predicted molar refractivity (Wildman–Crippen MR) is 65.6 cm³/mol. The number of carboxylic acids is 1. The Hall–Kier alpha value is -1.62. The maximum Gasteiger partial charge on any atom is 0.335 e. The molecule has 0 saturated carbocycles. The highest BCUT2D eigenvalue weighted by atomic mass is 19.1. The monoisotopic (exact) mass is 253 g/mol. The number of benzene rings is 1. The molecule has 0 bridgehead atoms. The van der Waals surface area contributed by atoms with Gasteiger partial charge in [0.2, 0.25) is 0 Å². The first-order valence-corrected chi connectivity index (χ1v) is 5.90. The molecule has 0 radical (unpaired) electrons. The van der Waals surface area contributed by atoms with Crippen LogP contribution in [0.2, 0.25) is 0 Å². The molecule has 5 heteroatoms. The van der Waals surface area contributed by atoms with E-state index < -0.39 is 11.8 Å². The third kappa shape index (κ3) is 2.61. The summed E-state index contributed by atoms with van der Waals surface area (Å²) in [5.74, 6) is -1.62. The van der Waals surface area contributed by atoms with Gasteiger partial charge in [0.05, 0.1) is 23.5 Å². The van der Waals surface area contributed by atoms with Crippen LogP contribution in [0.25, 0.3) is 0 Å². The van der Waals surface area contributed by atoms with Crippen molar-refractivity contribution in [1.82, 2.24) is 0 Å². The number of halogens is 1. The summed E-state index contributed by atoms with van der Waals surface area (Å²) in [7, 11) is 0. The summed E-state index contributed by atoms with van der Waals surface area (Å²) in [6, 6.07) is 4.00. The van der Waals surface area contributed by atoms with Crippen molar-refractivity contribution in [3.05, 3.63) is 29.6 Å². The minimum atomic E-state index is -1.12. The van der Waals surface area contributed by atoms with Crippen molar-refractivity contribution >= 4 is 11.7 Å². The number of anilines is 1. The van der Waals surface area contributed by atoms with E-state index in [-0.39, 0.29) is 17.8 Å². The molecule has 0 unspecified atom stereocenters. The van der Waals surface area contributed by atoms with Gasteiger partial charge in [-0.2, -0.15) is 0 Å². The summed E-state index contributed by atoms with van der Waals surface area (Å²) < 4.78 is 19.5. The first-order valence-electron chi connectivity index (χ1n) is 5.90. The summed E-state index contributed by atoms with van der Waals surface area (Å²) >= 11 is 0. The van der Waals surface area contributed by atoms with E-state index in [4.69, 9.17) is 9.84 Å². The standard InChI is InChI=1S/C13H16FNO3/c1-8-6-15(7-9(2)18-8)12-4-3-10(13(16)17)5-11(12)14/h3-5,8-9H,6-7H2,1-2H3,(H,16,17)/t8-,9+. The maximum absolute atomic E-state index is 13.9. The van der Waals surface area contributed by atoms with Gasteiger partial charge < -0.3 is 14.7 Å². The minimum Gasteiger partial charge on any atom is -0.478 e. The Kier molecular flexibility index (Phi) is 3.52. The lowest BCUT2D eigenvalue weighted by atomic mass is 10.1. The van der Waals surface area contributed by atoms with Crippen LogP contribution in [0.1, 0.15) is 24.2 Å². The molecule has 1 aromatic rings. The van der Waals surface area contributed by atoms with Crippen molar-refractivity contribution in [2.75, 3.05) is 18.0 Å². The molecule has 4 nitrogen and oxygen atoms in total. The predicted octanol–water partition coefficient (Wildman–Crippen LogP) is 2.14. The second kappa shape index (κ2) is 4.94. The highest BCUT2D eigenvalue weighted by Gasteiger charge is 2.24. The Morgan fingerprint density at radius 1 is 1.39 bits per heavy atom. The molecule has 1 aliphatic rings. The zero-order chi connectivity index (χ0) is 13.3. The molecule has 0 aliphatic carbocycles. The van der Waals surface area contributed by atoms with Crippen LogP contribution in [-0.2, 0) is 4.74 Å². The number of rotatable bonds is 2. The third-order valence-electron chi connectivity index (χ3n) is 2.95. The van der Waals surface area contributed by atoms with Crippen molar-refractivity contribution in [2.45, 2.75) is 26.1 Å². The van der Waals surface area contributed by atoms with Gasteiger partial charge in [0.1, 0.15) is 5.82 Å². The van der Waals surface area contributed by atoms with Crippen LogP contribution in [0.5, 0.6) is 0 Å². The molecule has 0 spiro atoms. The smallest absolute Gasteiger partial charge is 0.335 e. The molecule has 2 rings (SSSR count). The summed E-state index contributed by atoms with van der Waals surface area (Å²) in [5, 5.41) is 8.79. The van der Waals surface area contributed by atoms with Crippen LogP contribution in [0, 0.1) is 5.82 Å². The van der Waals surface area contributed by atoms with Crippen molar-refractivity contribution in [3.63, 3.8) is 0 Å². The number of hydrogen-bond donors (Lipinski definition) is 1. The first kappa shape index (κ1) is 12.8. The Balaban J connectivity index is 2.25. The molecular weight excluding hydrogens is 237 g/mol. The Bertz CT molecular complexity index is 454. The molecule has 1 saturated heterocycles. The number of aromatic carboxylic acids is 1. The van der Waals surface area contributed by atoms with Gasteiger partial charge in [0.15, 0.2) is 0 Å². The van der Waals surface area contributed by atoms with Crippen molar-refractivity contribution in [3.8, 4) is 0 Å². The number of hydrogen-bond acceptors (Lipinski definition) is 3. The van der Waals surface area contributed by atoms with Crippen molar-refractivity contribution < 1.29 is 19.0 Å². The number of morpholine rings is 1. The van der Waals surface area contributed by atoms with Gasteiger partial charge in [-0.25, -0.2) is 9.18 Å². The van der Waals surface area contributed by atoms with E-state index in [1.165, 1.54) is 12.1 Å². The zero-order valence-electron chi connectivity index (χ0n) is 10.4. The summed E-state index contributed by atoms with van der Waals surface area (Å²) in [5.41, 5.74) is 0.396. The van der Waals surface area contributed by atoms with Crippen LogP contribution >= 0.6 is 0 Å². The second-order valence-corrected chi connectivity index (χ2v) is 4.63.